The second kappa shape index (κ2) is 8.44. The van der Waals surface area contributed by atoms with Crippen LogP contribution >= 0.6 is 0 Å². The van der Waals surface area contributed by atoms with E-state index in [1.54, 1.807) is 7.11 Å². The van der Waals surface area contributed by atoms with Crippen molar-refractivity contribution in [2.75, 3.05) is 19.5 Å². The van der Waals surface area contributed by atoms with Gasteiger partial charge in [-0.05, 0) is 74.0 Å². The first kappa shape index (κ1) is 19.9. The number of ether oxygens (including phenoxy) is 1. The summed E-state index contributed by atoms with van der Waals surface area (Å²) in [6.45, 7) is 6.70. The third-order valence-corrected chi connectivity index (χ3v) is 5.22. The zero-order chi connectivity index (χ0) is 20.3. The van der Waals surface area contributed by atoms with E-state index in [0.717, 1.165) is 22.4 Å². The van der Waals surface area contributed by atoms with Crippen LogP contribution in [-0.4, -0.2) is 31.0 Å². The van der Waals surface area contributed by atoms with Crippen LogP contribution in [0.1, 0.15) is 23.6 Å². The summed E-state index contributed by atoms with van der Waals surface area (Å²) >= 11 is 0. The molecule has 3 rings (SSSR count). The summed E-state index contributed by atoms with van der Waals surface area (Å²) < 4.78 is 5.29. The number of nitrogens with one attached hydrogen (secondary N) is 1. The maximum absolute atomic E-state index is 12.7. The number of carbonyl (C=O) groups excluding carboxylic acids is 1. The lowest BCUT2D eigenvalue weighted by molar-refractivity contribution is -0.120. The van der Waals surface area contributed by atoms with Crippen LogP contribution in [0.15, 0.2) is 54.6 Å². The Morgan fingerprint density at radius 3 is 2.46 bits per heavy atom. The van der Waals surface area contributed by atoms with Crippen molar-refractivity contribution in [2.45, 2.75) is 33.4 Å². The molecule has 146 valence electrons. The van der Waals surface area contributed by atoms with Gasteiger partial charge in [0.15, 0.2) is 0 Å². The summed E-state index contributed by atoms with van der Waals surface area (Å²) in [6, 6.07) is 18.2. The number of carbonyl (C=O) groups is 1. The van der Waals surface area contributed by atoms with E-state index in [-0.39, 0.29) is 11.9 Å². The Morgan fingerprint density at radius 2 is 1.75 bits per heavy atom. The molecule has 0 aliphatic carbocycles. The Hall–Kier alpha value is -2.85. The molecule has 0 spiro atoms. The summed E-state index contributed by atoms with van der Waals surface area (Å²) in [4.78, 5) is 14.8. The second-order valence-electron chi connectivity index (χ2n) is 7.45. The zero-order valence-corrected chi connectivity index (χ0v) is 17.2. The highest BCUT2D eigenvalue weighted by Crippen LogP contribution is 2.23. The lowest BCUT2D eigenvalue weighted by Crippen LogP contribution is -2.39. The van der Waals surface area contributed by atoms with Crippen molar-refractivity contribution in [3.8, 4) is 5.75 Å². The molecule has 4 heteroatoms. The van der Waals surface area contributed by atoms with Gasteiger partial charge in [-0.3, -0.25) is 9.69 Å². The molecule has 4 nitrogen and oxygen atoms in total. The normalized spacial score (nSPS) is 12.2. The zero-order valence-electron chi connectivity index (χ0n) is 17.2. The molecule has 0 heterocycles. The van der Waals surface area contributed by atoms with E-state index >= 15 is 0 Å². The summed E-state index contributed by atoms with van der Waals surface area (Å²) in [5, 5.41) is 5.36. The third-order valence-electron chi connectivity index (χ3n) is 5.22. The molecule has 0 unspecified atom stereocenters. The maximum Gasteiger partial charge on any atom is 0.241 e. The molecule has 0 aliphatic rings. The first-order valence-corrected chi connectivity index (χ1v) is 9.52. The van der Waals surface area contributed by atoms with Gasteiger partial charge < -0.3 is 10.1 Å². The summed E-state index contributed by atoms with van der Waals surface area (Å²) in [5.41, 5.74) is 4.31. The minimum absolute atomic E-state index is 0.0000198. The number of hydrogen-bond acceptors (Lipinski definition) is 3. The number of aryl methyl sites for hydroxylation is 2. The molecule has 0 saturated heterocycles. The predicted octanol–water partition coefficient (Wildman–Crippen LogP) is 4.92. The minimum atomic E-state index is -0.243. The highest BCUT2D eigenvalue weighted by atomic mass is 16.5. The van der Waals surface area contributed by atoms with Crippen molar-refractivity contribution in [2.24, 2.45) is 0 Å². The van der Waals surface area contributed by atoms with Crippen molar-refractivity contribution in [3.63, 3.8) is 0 Å². The Labute approximate surface area is 167 Å². The number of fused-ring (bicyclic) bond motifs is 1. The molecule has 0 radical (unpaired) electrons. The Morgan fingerprint density at radius 1 is 1.04 bits per heavy atom. The monoisotopic (exact) mass is 376 g/mol. The number of amides is 1. The van der Waals surface area contributed by atoms with Crippen molar-refractivity contribution in [1.82, 2.24) is 4.90 Å². The van der Waals surface area contributed by atoms with Crippen LogP contribution in [0.2, 0.25) is 0 Å². The lowest BCUT2D eigenvalue weighted by atomic mass is 10.1. The van der Waals surface area contributed by atoms with Crippen LogP contribution in [0.3, 0.4) is 0 Å². The number of methoxy groups -OCH3 is 1. The van der Waals surface area contributed by atoms with Gasteiger partial charge in [0, 0.05) is 12.2 Å². The van der Waals surface area contributed by atoms with Gasteiger partial charge in [-0.15, -0.1) is 0 Å². The Balaban J connectivity index is 1.68. The molecule has 1 N–H and O–H groups in total. The topological polar surface area (TPSA) is 41.6 Å². The van der Waals surface area contributed by atoms with Gasteiger partial charge in [-0.25, -0.2) is 0 Å². The molecule has 0 aliphatic heterocycles. The van der Waals surface area contributed by atoms with Crippen LogP contribution in [0, 0.1) is 13.8 Å². The quantitative estimate of drug-likeness (QED) is 0.664. The van der Waals surface area contributed by atoms with Gasteiger partial charge in [0.05, 0.1) is 13.2 Å². The van der Waals surface area contributed by atoms with E-state index < -0.39 is 0 Å². The smallest absolute Gasteiger partial charge is 0.241 e. The highest BCUT2D eigenvalue weighted by Gasteiger charge is 2.19. The fraction of sp³-hybridized carbons (Fsp3) is 0.292. The number of anilines is 1. The van der Waals surface area contributed by atoms with E-state index in [2.05, 4.69) is 47.5 Å². The standard InChI is InChI=1S/C24H28N2O2/c1-16-6-11-23(17(2)12-16)25-24(27)18(3)26(4)15-19-7-8-21-14-22(28-5)10-9-20(21)13-19/h6-14,18H,15H2,1-5H3,(H,25,27)/t18-/m1/s1. The van der Waals surface area contributed by atoms with Gasteiger partial charge in [-0.1, -0.05) is 35.9 Å². The fourth-order valence-corrected chi connectivity index (χ4v) is 3.31. The fourth-order valence-electron chi connectivity index (χ4n) is 3.31. The first-order valence-electron chi connectivity index (χ1n) is 9.52. The molecular weight excluding hydrogens is 348 g/mol. The third kappa shape index (κ3) is 4.52. The molecule has 0 saturated carbocycles. The van der Waals surface area contributed by atoms with E-state index in [4.69, 9.17) is 4.74 Å². The summed E-state index contributed by atoms with van der Waals surface area (Å²) in [5.74, 6) is 0.856. The molecule has 1 amide bonds. The average molecular weight is 377 g/mol. The molecule has 0 aromatic heterocycles. The number of hydrogen-bond donors (Lipinski definition) is 1. The van der Waals surface area contributed by atoms with E-state index in [9.17, 15) is 4.79 Å². The van der Waals surface area contributed by atoms with Crippen molar-refractivity contribution >= 4 is 22.4 Å². The van der Waals surface area contributed by atoms with Gasteiger partial charge >= 0.3 is 0 Å². The molecule has 1 atom stereocenters. The first-order chi connectivity index (χ1) is 13.4. The van der Waals surface area contributed by atoms with Crippen LogP contribution in [0.25, 0.3) is 10.8 Å². The van der Waals surface area contributed by atoms with Gasteiger partial charge in [0.2, 0.25) is 5.91 Å². The molecule has 0 fully saturated rings. The maximum atomic E-state index is 12.7. The Bertz CT molecular complexity index is 997. The van der Waals surface area contributed by atoms with E-state index in [1.165, 1.54) is 16.5 Å². The van der Waals surface area contributed by atoms with Crippen LogP contribution in [0.5, 0.6) is 5.75 Å². The summed E-state index contributed by atoms with van der Waals surface area (Å²) in [6.07, 6.45) is 0. The SMILES string of the molecule is COc1ccc2cc(CN(C)[C@H](C)C(=O)Nc3ccc(C)cc3C)ccc2c1. The molecule has 3 aromatic carbocycles. The number of nitrogens with zero attached hydrogens (tertiary/aromatic N) is 1. The van der Waals surface area contributed by atoms with Crippen molar-refractivity contribution in [1.29, 1.82) is 0 Å². The molecular formula is C24H28N2O2. The highest BCUT2D eigenvalue weighted by molar-refractivity contribution is 5.95. The van der Waals surface area contributed by atoms with Gasteiger partial charge in [-0.2, -0.15) is 0 Å². The van der Waals surface area contributed by atoms with Crippen molar-refractivity contribution < 1.29 is 9.53 Å². The van der Waals surface area contributed by atoms with E-state index in [1.807, 2.05) is 45.2 Å². The largest absolute Gasteiger partial charge is 0.497 e. The number of benzene rings is 3. The lowest BCUT2D eigenvalue weighted by Gasteiger charge is -2.24. The number of likely N-dealkylation sites (N-methyl/N-ethyl adjacent to an activating group) is 1. The van der Waals surface area contributed by atoms with Crippen molar-refractivity contribution in [3.05, 3.63) is 71.3 Å². The van der Waals surface area contributed by atoms with Gasteiger partial charge in [0.25, 0.3) is 0 Å². The molecule has 3 aromatic rings. The molecule has 28 heavy (non-hydrogen) atoms. The second-order valence-corrected chi connectivity index (χ2v) is 7.45. The minimum Gasteiger partial charge on any atom is -0.497 e. The number of rotatable bonds is 6. The van der Waals surface area contributed by atoms with Crippen LogP contribution in [0.4, 0.5) is 5.69 Å². The average Bonchev–Trinajstić information content (AvgIpc) is 2.68. The van der Waals surface area contributed by atoms with Crippen LogP contribution < -0.4 is 10.1 Å². The Kier molecular flexibility index (Phi) is 6.00. The van der Waals surface area contributed by atoms with E-state index in [0.29, 0.717) is 6.54 Å². The summed E-state index contributed by atoms with van der Waals surface area (Å²) in [7, 11) is 3.65. The predicted molar refractivity (Wildman–Crippen MR) is 116 cm³/mol. The van der Waals surface area contributed by atoms with Crippen LogP contribution in [-0.2, 0) is 11.3 Å². The molecule has 0 bridgehead atoms. The van der Waals surface area contributed by atoms with Gasteiger partial charge in [0.1, 0.15) is 5.75 Å².